The second kappa shape index (κ2) is 9.87. The Morgan fingerprint density at radius 1 is 0.571 bits per heavy atom. The van der Waals surface area contributed by atoms with E-state index in [2.05, 4.69) is 69.2 Å². The van der Waals surface area contributed by atoms with Gasteiger partial charge in [0.2, 0.25) is 0 Å². The molecular weight excluding hydrogens is 256 g/mol. The zero-order valence-corrected chi connectivity index (χ0v) is 16.4. The van der Waals surface area contributed by atoms with Gasteiger partial charge < -0.3 is 4.74 Å². The second-order valence-corrected chi connectivity index (χ2v) is 8.04. The average molecular weight is 299 g/mol. The van der Waals surface area contributed by atoms with E-state index in [4.69, 9.17) is 4.74 Å². The third-order valence-corrected chi connectivity index (χ3v) is 5.75. The van der Waals surface area contributed by atoms with Crippen LogP contribution in [0.5, 0.6) is 0 Å². The summed E-state index contributed by atoms with van der Waals surface area (Å²) in [6.07, 6.45) is 3.22. The molecule has 0 aliphatic heterocycles. The fourth-order valence-corrected chi connectivity index (χ4v) is 3.35. The second-order valence-electron chi connectivity index (χ2n) is 8.04. The number of hydrogen-bond acceptors (Lipinski definition) is 1. The Labute approximate surface area is 135 Å². The first-order valence-electron chi connectivity index (χ1n) is 9.32. The van der Waals surface area contributed by atoms with Gasteiger partial charge in [0.05, 0.1) is 12.2 Å². The van der Waals surface area contributed by atoms with Crippen LogP contribution < -0.4 is 0 Å². The molecule has 0 N–H and O–H groups in total. The first-order valence-corrected chi connectivity index (χ1v) is 9.32. The highest BCUT2D eigenvalue weighted by Crippen LogP contribution is 2.32. The summed E-state index contributed by atoms with van der Waals surface area (Å²) in [5.41, 5.74) is 0. The van der Waals surface area contributed by atoms with Crippen LogP contribution in [0.25, 0.3) is 0 Å². The Balaban J connectivity index is 5.07. The fourth-order valence-electron chi connectivity index (χ4n) is 3.35. The average Bonchev–Trinajstić information content (AvgIpc) is 2.44. The van der Waals surface area contributed by atoms with E-state index < -0.39 is 0 Å². The normalized spacial score (nSPS) is 21.1. The van der Waals surface area contributed by atoms with Crippen molar-refractivity contribution in [1.82, 2.24) is 0 Å². The Morgan fingerprint density at radius 3 is 1.05 bits per heavy atom. The van der Waals surface area contributed by atoms with Gasteiger partial charge in [-0.3, -0.25) is 0 Å². The molecule has 0 aromatic carbocycles. The maximum absolute atomic E-state index is 6.74. The summed E-state index contributed by atoms with van der Waals surface area (Å²) in [6.45, 7) is 23.3. The van der Waals surface area contributed by atoms with Gasteiger partial charge in [-0.05, 0) is 35.5 Å². The van der Waals surface area contributed by atoms with Crippen LogP contribution in [0.3, 0.4) is 0 Å². The fraction of sp³-hybridized carbons (Fsp3) is 1.00. The lowest BCUT2D eigenvalue weighted by atomic mass is 9.81. The Bertz CT molecular complexity index is 233. The summed E-state index contributed by atoms with van der Waals surface area (Å²) >= 11 is 0. The van der Waals surface area contributed by atoms with E-state index in [9.17, 15) is 0 Å². The molecule has 0 heterocycles. The topological polar surface area (TPSA) is 9.23 Å². The van der Waals surface area contributed by atoms with E-state index in [1.807, 2.05) is 0 Å². The van der Waals surface area contributed by atoms with Crippen LogP contribution in [0.15, 0.2) is 0 Å². The van der Waals surface area contributed by atoms with Crippen LogP contribution in [-0.4, -0.2) is 12.2 Å². The van der Waals surface area contributed by atoms with Crippen LogP contribution in [0.2, 0.25) is 0 Å². The van der Waals surface area contributed by atoms with E-state index in [-0.39, 0.29) is 0 Å². The van der Waals surface area contributed by atoms with Gasteiger partial charge in [0.15, 0.2) is 0 Å². The molecule has 1 nitrogen and oxygen atoms in total. The number of hydrogen-bond donors (Lipinski definition) is 0. The summed E-state index contributed by atoms with van der Waals surface area (Å²) in [4.78, 5) is 0. The van der Waals surface area contributed by atoms with Crippen molar-refractivity contribution in [2.75, 3.05) is 0 Å². The van der Waals surface area contributed by atoms with E-state index in [0.29, 0.717) is 35.9 Å². The minimum absolute atomic E-state index is 0.374. The summed E-state index contributed by atoms with van der Waals surface area (Å²) in [5.74, 6) is 3.87. The predicted molar refractivity (Wildman–Crippen MR) is 95.6 cm³/mol. The maximum Gasteiger partial charge on any atom is 0.0630 e. The van der Waals surface area contributed by atoms with Crippen LogP contribution in [0.1, 0.15) is 82.1 Å². The lowest BCUT2D eigenvalue weighted by molar-refractivity contribution is -0.117. The molecule has 21 heavy (non-hydrogen) atoms. The quantitative estimate of drug-likeness (QED) is 0.452. The lowest BCUT2D eigenvalue weighted by Gasteiger charge is -2.39. The van der Waals surface area contributed by atoms with Crippen molar-refractivity contribution >= 4 is 0 Å². The molecule has 0 saturated carbocycles. The van der Waals surface area contributed by atoms with E-state index in [1.165, 1.54) is 12.8 Å². The molecular formula is C20H42O. The third-order valence-electron chi connectivity index (χ3n) is 5.75. The molecule has 0 aliphatic rings. The van der Waals surface area contributed by atoms with Gasteiger partial charge in [0.1, 0.15) is 0 Å². The van der Waals surface area contributed by atoms with Crippen molar-refractivity contribution in [3.05, 3.63) is 0 Å². The van der Waals surface area contributed by atoms with Gasteiger partial charge in [-0.2, -0.15) is 0 Å². The minimum atomic E-state index is 0.374. The molecule has 0 aromatic rings. The van der Waals surface area contributed by atoms with Gasteiger partial charge in [-0.1, -0.05) is 82.1 Å². The number of ether oxygens (including phenoxy) is 1. The highest BCUT2D eigenvalue weighted by atomic mass is 16.5. The van der Waals surface area contributed by atoms with Crippen molar-refractivity contribution < 1.29 is 4.74 Å². The molecule has 0 bridgehead atoms. The van der Waals surface area contributed by atoms with Crippen molar-refractivity contribution in [3.8, 4) is 0 Å². The molecule has 128 valence electrons. The maximum atomic E-state index is 6.74. The van der Waals surface area contributed by atoms with Crippen molar-refractivity contribution in [2.45, 2.75) is 94.3 Å². The van der Waals surface area contributed by atoms with E-state index in [1.54, 1.807) is 0 Å². The molecule has 0 fully saturated rings. The van der Waals surface area contributed by atoms with E-state index in [0.717, 1.165) is 11.8 Å². The third kappa shape index (κ3) is 6.30. The lowest BCUT2D eigenvalue weighted by Crippen LogP contribution is -2.41. The molecule has 6 unspecified atom stereocenters. The van der Waals surface area contributed by atoms with Gasteiger partial charge in [-0.25, -0.2) is 0 Å². The molecule has 0 aromatic heterocycles. The Morgan fingerprint density at radius 2 is 0.857 bits per heavy atom. The molecule has 0 spiro atoms. The molecule has 0 rings (SSSR count). The highest BCUT2D eigenvalue weighted by Gasteiger charge is 2.32. The summed E-state index contributed by atoms with van der Waals surface area (Å²) in [7, 11) is 0. The van der Waals surface area contributed by atoms with Crippen LogP contribution in [0.4, 0.5) is 0 Å². The zero-order chi connectivity index (χ0) is 16.7. The van der Waals surface area contributed by atoms with Crippen LogP contribution in [0, 0.1) is 35.5 Å². The SMILES string of the molecule is CCC(C)C(C)C(OC(C(C)C)C(C)C(C)CC)C(C)C. The predicted octanol–water partition coefficient (Wildman–Crippen LogP) is 6.42. The summed E-state index contributed by atoms with van der Waals surface area (Å²) in [6, 6.07) is 0. The monoisotopic (exact) mass is 298 g/mol. The summed E-state index contributed by atoms with van der Waals surface area (Å²) < 4.78 is 6.74. The molecule has 0 amide bonds. The van der Waals surface area contributed by atoms with Gasteiger partial charge in [0.25, 0.3) is 0 Å². The van der Waals surface area contributed by atoms with Crippen molar-refractivity contribution in [3.63, 3.8) is 0 Å². The Kier molecular flexibility index (Phi) is 9.85. The molecule has 1 heteroatoms. The van der Waals surface area contributed by atoms with Crippen molar-refractivity contribution in [1.29, 1.82) is 0 Å². The van der Waals surface area contributed by atoms with Gasteiger partial charge in [0, 0.05) is 0 Å². The minimum Gasteiger partial charge on any atom is -0.374 e. The molecule has 6 atom stereocenters. The molecule has 0 aliphatic carbocycles. The van der Waals surface area contributed by atoms with Gasteiger partial charge >= 0.3 is 0 Å². The molecule has 0 radical (unpaired) electrons. The summed E-state index contributed by atoms with van der Waals surface area (Å²) in [5, 5.41) is 0. The first kappa shape index (κ1) is 21.0. The van der Waals surface area contributed by atoms with Crippen molar-refractivity contribution in [2.24, 2.45) is 35.5 Å². The zero-order valence-electron chi connectivity index (χ0n) is 16.4. The molecule has 0 saturated heterocycles. The standard InChI is InChI=1S/C20H42O/c1-11-15(7)17(9)19(13(3)4)21-20(14(5)6)18(10)16(8)12-2/h13-20H,11-12H2,1-10H3. The number of rotatable bonds is 10. The first-order chi connectivity index (χ1) is 9.67. The largest absolute Gasteiger partial charge is 0.374 e. The highest BCUT2D eigenvalue weighted by molar-refractivity contribution is 4.80. The van der Waals surface area contributed by atoms with Crippen LogP contribution >= 0.6 is 0 Å². The van der Waals surface area contributed by atoms with Crippen LogP contribution in [-0.2, 0) is 4.74 Å². The Hall–Kier alpha value is -0.0400. The smallest absolute Gasteiger partial charge is 0.0630 e. The van der Waals surface area contributed by atoms with Gasteiger partial charge in [-0.15, -0.1) is 0 Å². The van der Waals surface area contributed by atoms with E-state index >= 15 is 0 Å².